The number of hydrogen-bond acceptors (Lipinski definition) is 3. The fourth-order valence-electron chi connectivity index (χ4n) is 0.868. The fourth-order valence-corrected chi connectivity index (χ4v) is 1.80. The van der Waals surface area contributed by atoms with E-state index in [9.17, 15) is 4.79 Å². The van der Waals surface area contributed by atoms with Gasteiger partial charge in [0, 0.05) is 16.5 Å². The molecule has 0 radical (unpaired) electrons. The monoisotopic (exact) mass is 195 g/mol. The third kappa shape index (κ3) is 3.59. The number of thioether (sulfide) groups is 1. The van der Waals surface area contributed by atoms with Gasteiger partial charge < -0.3 is 0 Å². The lowest BCUT2D eigenvalue weighted by atomic mass is 10.3. The van der Waals surface area contributed by atoms with Gasteiger partial charge in [0.1, 0.15) is 6.29 Å². The molecule has 1 heterocycles. The molecule has 0 amide bonds. The van der Waals surface area contributed by atoms with Crippen LogP contribution < -0.4 is 0 Å². The average Bonchev–Trinajstić information content (AvgIpc) is 2.01. The first kappa shape index (κ1) is 10.3. The first-order chi connectivity index (χ1) is 6.01. The van der Waals surface area contributed by atoms with Crippen LogP contribution in [0.15, 0.2) is 23.4 Å². The first-order valence-electron chi connectivity index (χ1n) is 4.11. The lowest BCUT2D eigenvalue weighted by Crippen LogP contribution is -2.07. The van der Waals surface area contributed by atoms with Crippen molar-refractivity contribution in [2.24, 2.45) is 0 Å². The topological polar surface area (TPSA) is 30.0 Å². The van der Waals surface area contributed by atoms with E-state index in [-0.39, 0.29) is 4.75 Å². The summed E-state index contributed by atoms with van der Waals surface area (Å²) in [6.07, 6.45) is 2.51. The summed E-state index contributed by atoms with van der Waals surface area (Å²) in [5, 5.41) is 0.900. The number of aromatic nitrogens is 1. The number of nitrogens with zero attached hydrogens (tertiary/aromatic N) is 1. The van der Waals surface area contributed by atoms with Gasteiger partial charge in [-0.1, -0.05) is 20.8 Å². The van der Waals surface area contributed by atoms with Crippen molar-refractivity contribution in [3.05, 3.63) is 23.9 Å². The molecular weight excluding hydrogens is 182 g/mol. The molecule has 0 aliphatic rings. The van der Waals surface area contributed by atoms with E-state index in [2.05, 4.69) is 25.8 Å². The van der Waals surface area contributed by atoms with Crippen LogP contribution in [0.1, 0.15) is 31.1 Å². The van der Waals surface area contributed by atoms with E-state index >= 15 is 0 Å². The molecule has 0 aromatic carbocycles. The Kier molecular flexibility index (Phi) is 3.09. The van der Waals surface area contributed by atoms with Gasteiger partial charge in [0.2, 0.25) is 0 Å². The molecule has 0 aliphatic heterocycles. The van der Waals surface area contributed by atoms with Crippen LogP contribution in [0.4, 0.5) is 0 Å². The van der Waals surface area contributed by atoms with E-state index in [0.717, 1.165) is 11.3 Å². The average molecular weight is 195 g/mol. The van der Waals surface area contributed by atoms with Gasteiger partial charge in [-0.2, -0.15) is 0 Å². The first-order valence-corrected chi connectivity index (χ1v) is 4.93. The summed E-state index contributed by atoms with van der Waals surface area (Å²) < 4.78 is 0.133. The molecule has 2 nitrogen and oxygen atoms in total. The highest BCUT2D eigenvalue weighted by atomic mass is 32.2. The Morgan fingerprint density at radius 1 is 1.46 bits per heavy atom. The SMILES string of the molecule is CC(C)(C)Sc1cc(C=O)ccn1. The van der Waals surface area contributed by atoms with E-state index in [1.54, 1.807) is 24.0 Å². The van der Waals surface area contributed by atoms with Gasteiger partial charge in [0.25, 0.3) is 0 Å². The van der Waals surface area contributed by atoms with E-state index in [0.29, 0.717) is 5.56 Å². The van der Waals surface area contributed by atoms with Crippen LogP contribution in [0.25, 0.3) is 0 Å². The molecule has 0 saturated heterocycles. The maximum atomic E-state index is 10.5. The van der Waals surface area contributed by atoms with Crippen molar-refractivity contribution in [3.63, 3.8) is 0 Å². The molecule has 1 aromatic heterocycles. The Morgan fingerprint density at radius 2 is 2.15 bits per heavy atom. The summed E-state index contributed by atoms with van der Waals surface area (Å²) in [5.41, 5.74) is 0.682. The Bertz CT molecular complexity index is 304. The predicted octanol–water partition coefficient (Wildman–Crippen LogP) is 2.78. The van der Waals surface area contributed by atoms with Crippen LogP contribution in [-0.4, -0.2) is 16.0 Å². The second-order valence-corrected chi connectivity index (χ2v) is 5.61. The molecule has 0 spiro atoms. The van der Waals surface area contributed by atoms with Crippen LogP contribution in [0, 0.1) is 0 Å². The van der Waals surface area contributed by atoms with Crippen molar-refractivity contribution in [2.45, 2.75) is 30.5 Å². The van der Waals surface area contributed by atoms with Crippen molar-refractivity contribution < 1.29 is 4.79 Å². The summed E-state index contributed by atoms with van der Waals surface area (Å²) in [7, 11) is 0. The molecule has 0 fully saturated rings. The zero-order valence-electron chi connectivity index (χ0n) is 8.07. The number of hydrogen-bond donors (Lipinski definition) is 0. The lowest BCUT2D eigenvalue weighted by molar-refractivity contribution is 0.112. The van der Waals surface area contributed by atoms with Crippen molar-refractivity contribution in [2.75, 3.05) is 0 Å². The van der Waals surface area contributed by atoms with Gasteiger partial charge in [-0.3, -0.25) is 4.79 Å². The van der Waals surface area contributed by atoms with E-state index in [4.69, 9.17) is 0 Å². The molecular formula is C10H13NOS. The molecule has 70 valence electrons. The number of pyridine rings is 1. The Labute approximate surface area is 82.8 Å². The summed E-state index contributed by atoms with van der Waals surface area (Å²) in [5.74, 6) is 0. The van der Waals surface area contributed by atoms with Crippen LogP contribution in [0.5, 0.6) is 0 Å². The Hall–Kier alpha value is -0.830. The largest absolute Gasteiger partial charge is 0.298 e. The Balaban J connectivity index is 2.84. The number of aldehydes is 1. The number of carbonyl (C=O) groups is 1. The molecule has 1 aromatic rings. The van der Waals surface area contributed by atoms with Gasteiger partial charge in [0.05, 0.1) is 5.03 Å². The van der Waals surface area contributed by atoms with Gasteiger partial charge in [-0.25, -0.2) is 4.98 Å². The molecule has 0 N–H and O–H groups in total. The van der Waals surface area contributed by atoms with Crippen LogP contribution in [0.2, 0.25) is 0 Å². The van der Waals surface area contributed by atoms with Crippen molar-refractivity contribution in [1.82, 2.24) is 4.98 Å². The smallest absolute Gasteiger partial charge is 0.150 e. The maximum Gasteiger partial charge on any atom is 0.150 e. The van der Waals surface area contributed by atoms with Crippen LogP contribution in [0.3, 0.4) is 0 Å². The minimum Gasteiger partial charge on any atom is -0.298 e. The van der Waals surface area contributed by atoms with E-state index < -0.39 is 0 Å². The predicted molar refractivity (Wildman–Crippen MR) is 55.2 cm³/mol. The summed E-state index contributed by atoms with van der Waals surface area (Å²) in [6, 6.07) is 3.52. The highest BCUT2D eigenvalue weighted by molar-refractivity contribution is 8.00. The van der Waals surface area contributed by atoms with Crippen molar-refractivity contribution >= 4 is 18.0 Å². The third-order valence-corrected chi connectivity index (χ3v) is 2.35. The summed E-state index contributed by atoms with van der Waals surface area (Å²) in [4.78, 5) is 14.7. The molecule has 1 rings (SSSR count). The van der Waals surface area contributed by atoms with Gasteiger partial charge in [-0.05, 0) is 12.1 Å². The highest BCUT2D eigenvalue weighted by Gasteiger charge is 2.12. The second-order valence-electron chi connectivity index (χ2n) is 3.76. The van der Waals surface area contributed by atoms with Gasteiger partial charge >= 0.3 is 0 Å². The van der Waals surface area contributed by atoms with Crippen LogP contribution >= 0.6 is 11.8 Å². The quantitative estimate of drug-likeness (QED) is 0.537. The maximum absolute atomic E-state index is 10.5. The van der Waals surface area contributed by atoms with E-state index in [1.165, 1.54) is 0 Å². The lowest BCUT2D eigenvalue weighted by Gasteiger charge is -2.16. The molecule has 13 heavy (non-hydrogen) atoms. The van der Waals surface area contributed by atoms with Crippen LogP contribution in [-0.2, 0) is 0 Å². The zero-order valence-corrected chi connectivity index (χ0v) is 8.89. The minimum atomic E-state index is 0.133. The van der Waals surface area contributed by atoms with Gasteiger partial charge in [0.15, 0.2) is 0 Å². The molecule has 0 aliphatic carbocycles. The number of carbonyl (C=O) groups excluding carboxylic acids is 1. The highest BCUT2D eigenvalue weighted by Crippen LogP contribution is 2.30. The molecule has 0 atom stereocenters. The van der Waals surface area contributed by atoms with E-state index in [1.807, 2.05) is 6.07 Å². The standard InChI is InChI=1S/C10H13NOS/c1-10(2,3)13-9-6-8(7-12)4-5-11-9/h4-7H,1-3H3. The minimum absolute atomic E-state index is 0.133. The fraction of sp³-hybridized carbons (Fsp3) is 0.400. The molecule has 0 saturated carbocycles. The molecule has 0 bridgehead atoms. The third-order valence-electron chi connectivity index (χ3n) is 1.31. The van der Waals surface area contributed by atoms with Gasteiger partial charge in [-0.15, -0.1) is 11.8 Å². The molecule has 0 unspecified atom stereocenters. The second kappa shape index (κ2) is 3.92. The molecule has 3 heteroatoms. The normalized spacial score (nSPS) is 11.3. The Morgan fingerprint density at radius 3 is 2.69 bits per heavy atom. The van der Waals surface area contributed by atoms with Crippen molar-refractivity contribution in [3.8, 4) is 0 Å². The summed E-state index contributed by atoms with van der Waals surface area (Å²) in [6.45, 7) is 6.35. The van der Waals surface area contributed by atoms with Crippen molar-refractivity contribution in [1.29, 1.82) is 0 Å². The number of rotatable bonds is 2. The zero-order chi connectivity index (χ0) is 9.90. The summed E-state index contributed by atoms with van der Waals surface area (Å²) >= 11 is 1.66.